The van der Waals surface area contributed by atoms with Crippen molar-refractivity contribution in [2.24, 2.45) is 0 Å². The number of nitrogens with one attached hydrogen (secondary N) is 1. The number of furan rings is 1. The van der Waals surface area contributed by atoms with Crippen molar-refractivity contribution in [1.82, 2.24) is 0 Å². The number of para-hydroxylation sites is 1. The second-order valence-corrected chi connectivity index (χ2v) is 5.75. The Kier molecular flexibility index (Phi) is 5.10. The molecule has 0 aliphatic rings. The molecule has 0 spiro atoms. The van der Waals surface area contributed by atoms with Crippen LogP contribution in [0.15, 0.2) is 53.1 Å². The van der Waals surface area contributed by atoms with Crippen LogP contribution in [0, 0.1) is 0 Å². The maximum absolute atomic E-state index is 11.8. The van der Waals surface area contributed by atoms with Gasteiger partial charge in [-0.2, -0.15) is 11.8 Å². The summed E-state index contributed by atoms with van der Waals surface area (Å²) in [6, 6.07) is 13.3. The van der Waals surface area contributed by atoms with Crippen LogP contribution in [0.5, 0.6) is 0 Å². The first-order chi connectivity index (χ1) is 9.24. The van der Waals surface area contributed by atoms with Crippen LogP contribution in [-0.2, 0) is 10.5 Å². The fraction of sp³-hybridized carbons (Fsp3) is 0.267. The lowest BCUT2D eigenvalue weighted by molar-refractivity contribution is -0.116. The zero-order valence-electron chi connectivity index (χ0n) is 10.8. The number of rotatable bonds is 6. The van der Waals surface area contributed by atoms with E-state index >= 15 is 0 Å². The van der Waals surface area contributed by atoms with Gasteiger partial charge in [-0.3, -0.25) is 4.79 Å². The first kappa shape index (κ1) is 13.7. The Morgan fingerprint density at radius 1 is 1.26 bits per heavy atom. The number of carbonyl (C=O) groups excluding carboxylic acids is 1. The molecule has 3 nitrogen and oxygen atoms in total. The van der Waals surface area contributed by atoms with E-state index in [1.54, 1.807) is 18.0 Å². The molecule has 0 saturated carbocycles. The summed E-state index contributed by atoms with van der Waals surface area (Å²) in [5, 5.41) is 3.15. The van der Waals surface area contributed by atoms with E-state index in [0.717, 1.165) is 17.2 Å². The molecule has 0 radical (unpaired) electrons. The molecule has 19 heavy (non-hydrogen) atoms. The van der Waals surface area contributed by atoms with Gasteiger partial charge in [-0.05, 0) is 24.3 Å². The molecule has 1 amide bonds. The van der Waals surface area contributed by atoms with E-state index in [9.17, 15) is 4.79 Å². The van der Waals surface area contributed by atoms with Crippen LogP contribution in [0.25, 0.3) is 0 Å². The molecule has 2 aromatic rings. The molecule has 100 valence electrons. The molecule has 4 heteroatoms. The van der Waals surface area contributed by atoms with Crippen LogP contribution in [0.4, 0.5) is 5.69 Å². The number of hydrogen-bond acceptors (Lipinski definition) is 3. The number of hydrogen-bond donors (Lipinski definition) is 1. The molecule has 0 aliphatic heterocycles. The van der Waals surface area contributed by atoms with E-state index in [-0.39, 0.29) is 11.2 Å². The Bertz CT molecular complexity index is 496. The molecular weight excluding hydrogens is 258 g/mol. The summed E-state index contributed by atoms with van der Waals surface area (Å²) in [6.07, 6.45) is 2.17. The van der Waals surface area contributed by atoms with Gasteiger partial charge in [0.25, 0.3) is 0 Å². The van der Waals surface area contributed by atoms with Crippen molar-refractivity contribution >= 4 is 23.4 Å². The Hall–Kier alpha value is -1.68. The minimum Gasteiger partial charge on any atom is -0.468 e. The molecule has 1 aromatic carbocycles. The zero-order valence-corrected chi connectivity index (χ0v) is 11.7. The topological polar surface area (TPSA) is 42.2 Å². The van der Waals surface area contributed by atoms with Gasteiger partial charge in [-0.15, -0.1) is 0 Å². The highest BCUT2D eigenvalue weighted by molar-refractivity contribution is 7.99. The van der Waals surface area contributed by atoms with Gasteiger partial charge < -0.3 is 9.73 Å². The Morgan fingerprint density at radius 3 is 2.74 bits per heavy atom. The highest BCUT2D eigenvalue weighted by atomic mass is 32.2. The van der Waals surface area contributed by atoms with Crippen LogP contribution >= 0.6 is 11.8 Å². The molecule has 1 heterocycles. The van der Waals surface area contributed by atoms with Crippen molar-refractivity contribution < 1.29 is 9.21 Å². The molecule has 0 fully saturated rings. The standard InChI is InChI=1S/C15H17NO2S/c1-12(19-11-14-8-5-9-18-14)10-15(17)16-13-6-3-2-4-7-13/h2-9,12H,10-11H2,1H3,(H,16,17). The predicted molar refractivity (Wildman–Crippen MR) is 79.2 cm³/mol. The lowest BCUT2D eigenvalue weighted by atomic mass is 10.3. The van der Waals surface area contributed by atoms with Gasteiger partial charge in [-0.25, -0.2) is 0 Å². The third-order valence-corrected chi connectivity index (χ3v) is 3.81. The lowest BCUT2D eigenvalue weighted by Crippen LogP contribution is -2.16. The number of benzene rings is 1. The third kappa shape index (κ3) is 4.83. The maximum atomic E-state index is 11.8. The maximum Gasteiger partial charge on any atom is 0.225 e. The second-order valence-electron chi connectivity index (χ2n) is 4.32. The van der Waals surface area contributed by atoms with Crippen molar-refractivity contribution in [2.45, 2.75) is 24.3 Å². The lowest BCUT2D eigenvalue weighted by Gasteiger charge is -2.10. The third-order valence-electron chi connectivity index (χ3n) is 2.62. The summed E-state index contributed by atoms with van der Waals surface area (Å²) in [5.74, 6) is 1.79. The van der Waals surface area contributed by atoms with Crippen LogP contribution in [-0.4, -0.2) is 11.2 Å². The van der Waals surface area contributed by atoms with Crippen molar-refractivity contribution in [1.29, 1.82) is 0 Å². The van der Waals surface area contributed by atoms with Gasteiger partial charge in [0, 0.05) is 17.4 Å². The average Bonchev–Trinajstić information content (AvgIpc) is 2.90. The Morgan fingerprint density at radius 2 is 2.05 bits per heavy atom. The van der Waals surface area contributed by atoms with Gasteiger partial charge in [0.05, 0.1) is 12.0 Å². The molecule has 1 N–H and O–H groups in total. The zero-order chi connectivity index (χ0) is 13.5. The van der Waals surface area contributed by atoms with E-state index in [2.05, 4.69) is 12.2 Å². The first-order valence-electron chi connectivity index (χ1n) is 6.23. The number of thioether (sulfide) groups is 1. The van der Waals surface area contributed by atoms with E-state index < -0.39 is 0 Å². The van der Waals surface area contributed by atoms with Gasteiger partial charge in [-0.1, -0.05) is 25.1 Å². The summed E-state index contributed by atoms with van der Waals surface area (Å²) in [5.41, 5.74) is 0.843. The molecular formula is C15H17NO2S. The first-order valence-corrected chi connectivity index (χ1v) is 7.28. The smallest absolute Gasteiger partial charge is 0.225 e. The van der Waals surface area contributed by atoms with Gasteiger partial charge in [0.15, 0.2) is 0 Å². The van der Waals surface area contributed by atoms with Gasteiger partial charge >= 0.3 is 0 Å². The van der Waals surface area contributed by atoms with Gasteiger partial charge in [0.2, 0.25) is 5.91 Å². The van der Waals surface area contributed by atoms with E-state index in [4.69, 9.17) is 4.42 Å². The van der Waals surface area contributed by atoms with Crippen LogP contribution in [0.2, 0.25) is 0 Å². The fourth-order valence-corrected chi connectivity index (χ4v) is 2.55. The summed E-state index contributed by atoms with van der Waals surface area (Å²) < 4.78 is 5.26. The monoisotopic (exact) mass is 275 g/mol. The highest BCUT2D eigenvalue weighted by Crippen LogP contribution is 2.20. The molecule has 1 unspecified atom stereocenters. The molecule has 0 bridgehead atoms. The largest absolute Gasteiger partial charge is 0.468 e. The number of amides is 1. The van der Waals surface area contributed by atoms with Crippen molar-refractivity contribution in [3.63, 3.8) is 0 Å². The van der Waals surface area contributed by atoms with Crippen molar-refractivity contribution in [3.05, 3.63) is 54.5 Å². The molecule has 0 saturated heterocycles. The van der Waals surface area contributed by atoms with E-state index in [1.165, 1.54) is 0 Å². The van der Waals surface area contributed by atoms with Crippen molar-refractivity contribution in [2.75, 3.05) is 5.32 Å². The number of carbonyl (C=O) groups is 1. The minimum atomic E-state index is 0.0469. The quantitative estimate of drug-likeness (QED) is 0.868. The summed E-state index contributed by atoms with van der Waals surface area (Å²) in [7, 11) is 0. The SMILES string of the molecule is CC(CC(=O)Nc1ccccc1)SCc1ccco1. The minimum absolute atomic E-state index is 0.0469. The van der Waals surface area contributed by atoms with E-state index in [0.29, 0.717) is 6.42 Å². The van der Waals surface area contributed by atoms with Crippen LogP contribution < -0.4 is 5.32 Å². The molecule has 0 aliphatic carbocycles. The normalized spacial score (nSPS) is 12.1. The average molecular weight is 275 g/mol. The highest BCUT2D eigenvalue weighted by Gasteiger charge is 2.10. The summed E-state index contributed by atoms with van der Waals surface area (Å²) in [6.45, 7) is 2.05. The Balaban J connectivity index is 1.72. The summed E-state index contributed by atoms with van der Waals surface area (Å²) in [4.78, 5) is 11.8. The van der Waals surface area contributed by atoms with Crippen molar-refractivity contribution in [3.8, 4) is 0 Å². The molecule has 1 atom stereocenters. The van der Waals surface area contributed by atoms with Crippen LogP contribution in [0.3, 0.4) is 0 Å². The second kappa shape index (κ2) is 7.04. The summed E-state index contributed by atoms with van der Waals surface area (Å²) >= 11 is 1.72. The fourth-order valence-electron chi connectivity index (χ4n) is 1.67. The van der Waals surface area contributed by atoms with Gasteiger partial charge in [0.1, 0.15) is 5.76 Å². The Labute approximate surface area is 117 Å². The predicted octanol–water partition coefficient (Wildman–Crippen LogP) is 3.93. The molecule has 2 rings (SSSR count). The van der Waals surface area contributed by atoms with E-state index in [1.807, 2.05) is 42.5 Å². The van der Waals surface area contributed by atoms with Crippen LogP contribution in [0.1, 0.15) is 19.1 Å². The molecule has 1 aromatic heterocycles. The number of anilines is 1.